The molecular weight excluding hydrogens is 289 g/mol. The van der Waals surface area contributed by atoms with E-state index in [0.29, 0.717) is 6.61 Å². The number of methoxy groups -OCH3 is 1. The lowest BCUT2D eigenvalue weighted by atomic mass is 10.2. The summed E-state index contributed by atoms with van der Waals surface area (Å²) in [4.78, 5) is 22.9. The fraction of sp³-hybridized carbons (Fsp3) is 0.385. The van der Waals surface area contributed by atoms with Gasteiger partial charge in [-0.2, -0.15) is 13.2 Å². The van der Waals surface area contributed by atoms with Crippen molar-refractivity contribution >= 4 is 17.5 Å². The van der Waals surface area contributed by atoms with Gasteiger partial charge in [0.15, 0.2) is 0 Å². The van der Waals surface area contributed by atoms with Crippen molar-refractivity contribution in [3.8, 4) is 0 Å². The van der Waals surface area contributed by atoms with Crippen LogP contribution in [0.1, 0.15) is 12.0 Å². The minimum absolute atomic E-state index is 0.0143. The van der Waals surface area contributed by atoms with E-state index in [2.05, 4.69) is 10.6 Å². The lowest BCUT2D eigenvalue weighted by molar-refractivity contribution is -0.137. The number of hydrogen-bond acceptors (Lipinski definition) is 3. The smallest absolute Gasteiger partial charge is 0.383 e. The highest BCUT2D eigenvalue weighted by Gasteiger charge is 2.30. The van der Waals surface area contributed by atoms with Crippen molar-refractivity contribution in [2.24, 2.45) is 0 Å². The second kappa shape index (κ2) is 7.63. The Morgan fingerprint density at radius 1 is 1.24 bits per heavy atom. The molecule has 1 rings (SSSR count). The second-order valence-corrected chi connectivity index (χ2v) is 4.15. The van der Waals surface area contributed by atoms with Gasteiger partial charge in [-0.05, 0) is 18.2 Å². The number of benzene rings is 1. The monoisotopic (exact) mass is 304 g/mol. The number of rotatable bonds is 6. The van der Waals surface area contributed by atoms with E-state index in [0.717, 1.165) is 12.1 Å². The molecule has 21 heavy (non-hydrogen) atoms. The first kappa shape index (κ1) is 17.0. The fourth-order valence-electron chi connectivity index (χ4n) is 1.48. The topological polar surface area (TPSA) is 67.4 Å². The first-order valence-corrected chi connectivity index (χ1v) is 6.05. The highest BCUT2D eigenvalue weighted by molar-refractivity contribution is 6.03. The number of ether oxygens (including phenoxy) is 1. The quantitative estimate of drug-likeness (QED) is 0.622. The van der Waals surface area contributed by atoms with E-state index >= 15 is 0 Å². The fourth-order valence-corrected chi connectivity index (χ4v) is 1.48. The number of amides is 2. The van der Waals surface area contributed by atoms with Crippen molar-refractivity contribution in [3.63, 3.8) is 0 Å². The molecule has 1 aromatic rings. The number of nitrogens with one attached hydrogen (secondary N) is 2. The maximum Gasteiger partial charge on any atom is 0.416 e. The van der Waals surface area contributed by atoms with Gasteiger partial charge in [-0.1, -0.05) is 6.07 Å². The Bertz CT molecular complexity index is 504. The van der Waals surface area contributed by atoms with Crippen LogP contribution in [0.15, 0.2) is 24.3 Å². The van der Waals surface area contributed by atoms with E-state index in [9.17, 15) is 22.8 Å². The van der Waals surface area contributed by atoms with Crippen molar-refractivity contribution in [2.45, 2.75) is 12.6 Å². The Kier molecular flexibility index (Phi) is 6.16. The van der Waals surface area contributed by atoms with Crippen LogP contribution in [0.3, 0.4) is 0 Å². The zero-order valence-corrected chi connectivity index (χ0v) is 11.3. The van der Waals surface area contributed by atoms with Crippen LogP contribution in [-0.4, -0.2) is 32.1 Å². The number of hydrogen-bond donors (Lipinski definition) is 2. The van der Waals surface area contributed by atoms with E-state index in [4.69, 9.17) is 4.74 Å². The molecule has 0 bridgehead atoms. The first-order valence-electron chi connectivity index (χ1n) is 6.05. The number of alkyl halides is 3. The van der Waals surface area contributed by atoms with Crippen LogP contribution in [0.2, 0.25) is 0 Å². The molecular formula is C13H15F3N2O3. The van der Waals surface area contributed by atoms with Crippen LogP contribution in [0.25, 0.3) is 0 Å². The van der Waals surface area contributed by atoms with E-state index in [1.807, 2.05) is 0 Å². The maximum atomic E-state index is 12.5. The molecule has 0 unspecified atom stereocenters. The largest absolute Gasteiger partial charge is 0.416 e. The Morgan fingerprint density at radius 3 is 2.57 bits per heavy atom. The van der Waals surface area contributed by atoms with E-state index in [-0.39, 0.29) is 12.2 Å². The normalized spacial score (nSPS) is 11.0. The van der Waals surface area contributed by atoms with Crippen LogP contribution >= 0.6 is 0 Å². The lowest BCUT2D eigenvalue weighted by Gasteiger charge is -2.10. The van der Waals surface area contributed by atoms with Crippen LogP contribution in [0.4, 0.5) is 18.9 Å². The molecule has 0 aliphatic rings. The predicted octanol–water partition coefficient (Wildman–Crippen LogP) is 1.80. The Hall–Kier alpha value is -2.09. The SMILES string of the molecule is COCCNC(=O)CC(=O)Nc1cccc(C(F)(F)F)c1. The van der Waals surface area contributed by atoms with Gasteiger partial charge in [0.2, 0.25) is 11.8 Å². The van der Waals surface area contributed by atoms with E-state index in [1.54, 1.807) is 0 Å². The number of carbonyl (C=O) groups excluding carboxylic acids is 2. The van der Waals surface area contributed by atoms with Crippen molar-refractivity contribution in [3.05, 3.63) is 29.8 Å². The molecule has 8 heteroatoms. The zero-order valence-electron chi connectivity index (χ0n) is 11.3. The van der Waals surface area contributed by atoms with Gasteiger partial charge in [-0.3, -0.25) is 9.59 Å². The van der Waals surface area contributed by atoms with Gasteiger partial charge < -0.3 is 15.4 Å². The Balaban J connectivity index is 2.53. The predicted molar refractivity (Wildman–Crippen MR) is 69.6 cm³/mol. The van der Waals surface area contributed by atoms with Crippen molar-refractivity contribution in [1.29, 1.82) is 0 Å². The molecule has 0 saturated carbocycles. The Morgan fingerprint density at radius 2 is 1.95 bits per heavy atom. The molecule has 1 aromatic carbocycles. The van der Waals surface area contributed by atoms with Gasteiger partial charge in [0, 0.05) is 19.3 Å². The summed E-state index contributed by atoms with van der Waals surface area (Å²) < 4.78 is 42.2. The minimum atomic E-state index is -4.49. The molecule has 116 valence electrons. The van der Waals surface area contributed by atoms with Gasteiger partial charge >= 0.3 is 6.18 Å². The van der Waals surface area contributed by atoms with Crippen molar-refractivity contribution in [1.82, 2.24) is 5.32 Å². The second-order valence-electron chi connectivity index (χ2n) is 4.15. The summed E-state index contributed by atoms with van der Waals surface area (Å²) in [6.45, 7) is 0.563. The number of halogens is 3. The molecule has 0 heterocycles. The highest BCUT2D eigenvalue weighted by atomic mass is 19.4. The maximum absolute atomic E-state index is 12.5. The van der Waals surface area contributed by atoms with Gasteiger partial charge in [0.25, 0.3) is 0 Å². The summed E-state index contributed by atoms with van der Waals surface area (Å²) in [5.41, 5.74) is -0.885. The molecule has 0 aliphatic heterocycles. The van der Waals surface area contributed by atoms with Crippen molar-refractivity contribution < 1.29 is 27.5 Å². The van der Waals surface area contributed by atoms with E-state index < -0.39 is 30.0 Å². The Labute approximate surface area is 119 Å². The molecule has 0 spiro atoms. The molecule has 5 nitrogen and oxygen atoms in total. The molecule has 2 N–H and O–H groups in total. The first-order chi connectivity index (χ1) is 9.82. The number of anilines is 1. The molecule has 2 amide bonds. The molecule has 0 radical (unpaired) electrons. The summed E-state index contributed by atoms with van der Waals surface area (Å²) in [6, 6.07) is 4.20. The summed E-state index contributed by atoms with van der Waals surface area (Å²) in [7, 11) is 1.46. The van der Waals surface area contributed by atoms with Crippen LogP contribution in [-0.2, 0) is 20.5 Å². The van der Waals surface area contributed by atoms with Crippen molar-refractivity contribution in [2.75, 3.05) is 25.6 Å². The third-order valence-electron chi connectivity index (χ3n) is 2.42. The van der Waals surface area contributed by atoms with Gasteiger partial charge in [0.05, 0.1) is 12.2 Å². The van der Waals surface area contributed by atoms with Gasteiger partial charge in [0.1, 0.15) is 6.42 Å². The van der Waals surface area contributed by atoms with Gasteiger partial charge in [-0.15, -0.1) is 0 Å². The minimum Gasteiger partial charge on any atom is -0.383 e. The van der Waals surface area contributed by atoms with E-state index in [1.165, 1.54) is 19.2 Å². The molecule has 0 atom stereocenters. The zero-order chi connectivity index (χ0) is 15.9. The summed E-state index contributed by atoms with van der Waals surface area (Å²) in [5.74, 6) is -1.22. The summed E-state index contributed by atoms with van der Waals surface area (Å²) in [6.07, 6.45) is -4.96. The average molecular weight is 304 g/mol. The molecule has 0 saturated heterocycles. The molecule has 0 fully saturated rings. The third kappa shape index (κ3) is 6.26. The van der Waals surface area contributed by atoms with Crippen LogP contribution in [0.5, 0.6) is 0 Å². The third-order valence-corrected chi connectivity index (χ3v) is 2.42. The lowest BCUT2D eigenvalue weighted by Crippen LogP contribution is -2.30. The average Bonchev–Trinajstić information content (AvgIpc) is 2.38. The summed E-state index contributed by atoms with van der Waals surface area (Å²) in [5, 5.41) is 4.68. The number of carbonyl (C=O) groups is 2. The standard InChI is InChI=1S/C13H15F3N2O3/c1-21-6-5-17-11(19)8-12(20)18-10-4-2-3-9(7-10)13(14,15)16/h2-4,7H,5-6,8H2,1H3,(H,17,19)(H,18,20). The van der Waals surface area contributed by atoms with Crippen LogP contribution in [0, 0.1) is 0 Å². The summed E-state index contributed by atoms with van der Waals surface area (Å²) >= 11 is 0. The van der Waals surface area contributed by atoms with Crippen LogP contribution < -0.4 is 10.6 Å². The highest BCUT2D eigenvalue weighted by Crippen LogP contribution is 2.30. The molecule has 0 aromatic heterocycles. The van der Waals surface area contributed by atoms with Gasteiger partial charge in [-0.25, -0.2) is 0 Å². The molecule has 0 aliphatic carbocycles.